The normalized spacial score (nSPS) is 11.0. The molecule has 0 saturated carbocycles. The van der Waals surface area contributed by atoms with E-state index in [4.69, 9.17) is 26.2 Å². The number of hydrogen-bond acceptors (Lipinski definition) is 5. The zero-order chi connectivity index (χ0) is 18.5. The third kappa shape index (κ3) is 4.22. The summed E-state index contributed by atoms with van der Waals surface area (Å²) in [4.78, 5) is 18.4. The summed E-state index contributed by atoms with van der Waals surface area (Å²) in [5.41, 5.74) is 2.65. The lowest BCUT2D eigenvalue weighted by molar-refractivity contribution is 0.0685. The van der Waals surface area contributed by atoms with E-state index in [1.165, 1.54) is 4.90 Å². The van der Waals surface area contributed by atoms with Crippen LogP contribution in [0.15, 0.2) is 46.9 Å². The number of hydrogen-bond donors (Lipinski definition) is 2. The van der Waals surface area contributed by atoms with Crippen molar-refractivity contribution in [1.82, 2.24) is 9.88 Å². The molecule has 1 amide bonds. The third-order valence-electron chi connectivity index (χ3n) is 3.97. The molecule has 26 heavy (non-hydrogen) atoms. The minimum Gasteiger partial charge on any atom is -0.440 e. The highest BCUT2D eigenvalue weighted by molar-refractivity contribution is 6.30. The average molecular weight is 375 g/mol. The van der Waals surface area contributed by atoms with Crippen LogP contribution in [0.4, 0.5) is 0 Å². The van der Waals surface area contributed by atoms with Crippen molar-refractivity contribution in [1.29, 1.82) is 0 Å². The Balaban J connectivity index is 1.82. The summed E-state index contributed by atoms with van der Waals surface area (Å²) in [7, 11) is 0. The van der Waals surface area contributed by atoms with E-state index >= 15 is 0 Å². The van der Waals surface area contributed by atoms with Gasteiger partial charge < -0.3 is 19.5 Å². The molecule has 0 saturated heterocycles. The van der Waals surface area contributed by atoms with Gasteiger partial charge in [0.1, 0.15) is 5.52 Å². The topological polar surface area (TPSA) is 86.8 Å². The highest BCUT2D eigenvalue weighted by atomic mass is 35.5. The van der Waals surface area contributed by atoms with E-state index in [1.807, 2.05) is 24.3 Å². The number of fused-ring (bicyclic) bond motifs is 1. The molecule has 0 atom stereocenters. The highest BCUT2D eigenvalue weighted by Crippen LogP contribution is 2.21. The Labute approximate surface area is 155 Å². The zero-order valence-corrected chi connectivity index (χ0v) is 14.8. The van der Waals surface area contributed by atoms with E-state index in [0.29, 0.717) is 34.0 Å². The number of aliphatic hydroxyl groups is 2. The Hall–Kier alpha value is -2.41. The molecule has 1 heterocycles. The number of aliphatic hydroxyl groups excluding tert-OH is 2. The predicted molar refractivity (Wildman–Crippen MR) is 98.3 cm³/mol. The summed E-state index contributed by atoms with van der Waals surface area (Å²) in [6.07, 6.45) is 0.524. The third-order valence-corrected chi connectivity index (χ3v) is 4.23. The lowest BCUT2D eigenvalue weighted by atomic mass is 10.1. The molecule has 7 heteroatoms. The molecular formula is C19H19ClN2O4. The Kier molecular flexibility index (Phi) is 5.88. The number of benzene rings is 2. The number of carbonyl (C=O) groups excluding carboxylic acids is 1. The molecule has 3 rings (SSSR count). The van der Waals surface area contributed by atoms with E-state index in [0.717, 1.165) is 5.56 Å². The van der Waals surface area contributed by atoms with Crippen molar-refractivity contribution in [3.63, 3.8) is 0 Å². The second-order valence-corrected chi connectivity index (χ2v) is 6.27. The molecule has 3 aromatic rings. The second-order valence-electron chi connectivity index (χ2n) is 5.83. The fraction of sp³-hybridized carbons (Fsp3) is 0.263. The molecule has 0 radical (unpaired) electrons. The standard InChI is InChI=1S/C19H19ClN2O4/c20-15-4-1-13(2-5-15)11-18-21-16-12-14(3-6-17(16)26-18)19(25)22(7-9-23)8-10-24/h1-6,12,23-24H,7-11H2. The first-order chi connectivity index (χ1) is 12.6. The van der Waals surface area contributed by atoms with Crippen molar-refractivity contribution >= 4 is 28.6 Å². The maximum Gasteiger partial charge on any atom is 0.254 e. The van der Waals surface area contributed by atoms with E-state index in [9.17, 15) is 4.79 Å². The summed E-state index contributed by atoms with van der Waals surface area (Å²) in [5, 5.41) is 18.8. The van der Waals surface area contributed by atoms with Crippen LogP contribution in [0.2, 0.25) is 5.02 Å². The van der Waals surface area contributed by atoms with Gasteiger partial charge in [-0.25, -0.2) is 4.98 Å². The van der Waals surface area contributed by atoms with Gasteiger partial charge in [0.2, 0.25) is 0 Å². The smallest absolute Gasteiger partial charge is 0.254 e. The van der Waals surface area contributed by atoms with Crippen molar-refractivity contribution in [2.75, 3.05) is 26.3 Å². The number of rotatable bonds is 7. The minimum atomic E-state index is -0.266. The first-order valence-electron chi connectivity index (χ1n) is 8.25. The Morgan fingerprint density at radius 3 is 2.42 bits per heavy atom. The number of amides is 1. The Morgan fingerprint density at radius 1 is 1.08 bits per heavy atom. The molecule has 0 aliphatic carbocycles. The largest absolute Gasteiger partial charge is 0.440 e. The van der Waals surface area contributed by atoms with Gasteiger partial charge in [-0.05, 0) is 35.9 Å². The maximum absolute atomic E-state index is 12.5. The second kappa shape index (κ2) is 8.31. The van der Waals surface area contributed by atoms with E-state index in [-0.39, 0.29) is 32.2 Å². The first kappa shape index (κ1) is 18.4. The molecule has 0 unspecified atom stereocenters. The van der Waals surface area contributed by atoms with Crippen LogP contribution in [0.3, 0.4) is 0 Å². The van der Waals surface area contributed by atoms with Crippen LogP contribution in [-0.4, -0.2) is 52.3 Å². The molecule has 2 N–H and O–H groups in total. The SMILES string of the molecule is O=C(c1ccc2oc(Cc3ccc(Cl)cc3)nc2c1)N(CCO)CCO. The summed E-state index contributed by atoms with van der Waals surface area (Å²) in [5.74, 6) is 0.284. The number of aromatic nitrogens is 1. The quantitative estimate of drug-likeness (QED) is 0.663. The Morgan fingerprint density at radius 2 is 1.77 bits per heavy atom. The van der Waals surface area contributed by atoms with Gasteiger partial charge in [0.25, 0.3) is 5.91 Å². The van der Waals surface area contributed by atoms with Gasteiger partial charge in [-0.3, -0.25) is 4.79 Å². The maximum atomic E-state index is 12.5. The van der Waals surface area contributed by atoms with Gasteiger partial charge in [0.15, 0.2) is 11.5 Å². The molecule has 0 bridgehead atoms. The number of nitrogens with zero attached hydrogens (tertiary/aromatic N) is 2. The molecule has 2 aromatic carbocycles. The Bertz CT molecular complexity index is 886. The fourth-order valence-corrected chi connectivity index (χ4v) is 2.83. The zero-order valence-electron chi connectivity index (χ0n) is 14.1. The summed E-state index contributed by atoms with van der Waals surface area (Å²) >= 11 is 5.89. The van der Waals surface area contributed by atoms with Gasteiger partial charge in [0, 0.05) is 30.1 Å². The van der Waals surface area contributed by atoms with E-state index < -0.39 is 0 Å². The molecule has 0 spiro atoms. The van der Waals surface area contributed by atoms with E-state index in [1.54, 1.807) is 18.2 Å². The molecule has 136 valence electrons. The van der Waals surface area contributed by atoms with Crippen molar-refractivity contribution in [3.05, 3.63) is 64.5 Å². The van der Waals surface area contributed by atoms with E-state index in [2.05, 4.69) is 4.98 Å². The van der Waals surface area contributed by atoms with Crippen LogP contribution in [0, 0.1) is 0 Å². The van der Waals surface area contributed by atoms with Gasteiger partial charge in [0.05, 0.1) is 13.2 Å². The summed E-state index contributed by atoms with van der Waals surface area (Å²) in [6, 6.07) is 12.5. The van der Waals surface area contributed by atoms with Crippen molar-refractivity contribution in [2.45, 2.75) is 6.42 Å². The molecular weight excluding hydrogens is 356 g/mol. The van der Waals surface area contributed by atoms with Gasteiger partial charge in [-0.2, -0.15) is 0 Å². The molecule has 1 aromatic heterocycles. The lowest BCUT2D eigenvalue weighted by Crippen LogP contribution is -2.35. The van der Waals surface area contributed by atoms with Crippen LogP contribution in [0.1, 0.15) is 21.8 Å². The van der Waals surface area contributed by atoms with Crippen molar-refractivity contribution < 1.29 is 19.4 Å². The minimum absolute atomic E-state index is 0.164. The van der Waals surface area contributed by atoms with Crippen molar-refractivity contribution in [3.8, 4) is 0 Å². The molecule has 6 nitrogen and oxygen atoms in total. The van der Waals surface area contributed by atoms with Gasteiger partial charge in [-0.15, -0.1) is 0 Å². The lowest BCUT2D eigenvalue weighted by Gasteiger charge is -2.20. The first-order valence-corrected chi connectivity index (χ1v) is 8.63. The summed E-state index contributed by atoms with van der Waals surface area (Å²) < 4.78 is 5.74. The van der Waals surface area contributed by atoms with Gasteiger partial charge in [-0.1, -0.05) is 23.7 Å². The predicted octanol–water partition coefficient (Wildman–Crippen LogP) is 2.50. The van der Waals surface area contributed by atoms with Crippen LogP contribution in [0.25, 0.3) is 11.1 Å². The van der Waals surface area contributed by atoms with Crippen LogP contribution >= 0.6 is 11.6 Å². The van der Waals surface area contributed by atoms with Gasteiger partial charge >= 0.3 is 0 Å². The van der Waals surface area contributed by atoms with Crippen LogP contribution in [-0.2, 0) is 6.42 Å². The highest BCUT2D eigenvalue weighted by Gasteiger charge is 2.17. The molecule has 0 aliphatic heterocycles. The van der Waals surface area contributed by atoms with Crippen LogP contribution in [0.5, 0.6) is 0 Å². The number of halogens is 1. The number of carbonyl (C=O) groups is 1. The molecule has 0 aliphatic rings. The average Bonchev–Trinajstić information content (AvgIpc) is 3.04. The number of oxazole rings is 1. The van der Waals surface area contributed by atoms with Crippen LogP contribution < -0.4 is 0 Å². The monoisotopic (exact) mass is 374 g/mol. The molecule has 0 fully saturated rings. The fourth-order valence-electron chi connectivity index (χ4n) is 2.70. The van der Waals surface area contributed by atoms with Crippen molar-refractivity contribution in [2.24, 2.45) is 0 Å². The summed E-state index contributed by atoms with van der Waals surface area (Å²) in [6.45, 7) is 0.00248.